The summed E-state index contributed by atoms with van der Waals surface area (Å²) in [6.07, 6.45) is 2.21. The zero-order valence-corrected chi connectivity index (χ0v) is 8.52. The largest absolute Gasteiger partial charge is 0.248 e. The molecule has 0 bridgehead atoms. The van der Waals surface area contributed by atoms with E-state index in [2.05, 4.69) is 4.99 Å². The van der Waals surface area contributed by atoms with Crippen LogP contribution in [0.25, 0.3) is 0 Å². The third-order valence-corrected chi connectivity index (χ3v) is 3.05. The summed E-state index contributed by atoms with van der Waals surface area (Å²) in [5, 5.41) is 0. The van der Waals surface area contributed by atoms with Gasteiger partial charge in [-0.15, -0.1) is 0 Å². The van der Waals surface area contributed by atoms with Crippen molar-refractivity contribution in [2.24, 2.45) is 10.9 Å². The molecule has 80 valence electrons. The maximum absolute atomic E-state index is 12.8. The molecule has 1 aliphatic rings. The molecule has 0 atom stereocenters. The molecule has 0 aromatic carbocycles. The highest BCUT2D eigenvalue weighted by Crippen LogP contribution is 2.41. The Labute approximate surface area is 82.4 Å². The van der Waals surface area contributed by atoms with Crippen molar-refractivity contribution in [3.8, 4) is 0 Å². The number of rotatable bonds is 2. The van der Waals surface area contributed by atoms with Crippen molar-refractivity contribution < 1.29 is 13.6 Å². The lowest BCUT2D eigenvalue weighted by Crippen LogP contribution is -2.35. The summed E-state index contributed by atoms with van der Waals surface area (Å²) in [4.78, 5) is 13.8. The molecular weight excluding hydrogens is 188 g/mol. The Morgan fingerprint density at radius 1 is 1.36 bits per heavy atom. The van der Waals surface area contributed by atoms with Gasteiger partial charge >= 0.3 is 0 Å². The van der Waals surface area contributed by atoms with Crippen molar-refractivity contribution in [1.29, 1.82) is 0 Å². The molecule has 0 aromatic rings. The highest BCUT2D eigenvalue weighted by molar-refractivity contribution is 5.34. The number of carbonyl (C=O) groups excluding carboxylic acids is 1. The third-order valence-electron chi connectivity index (χ3n) is 3.05. The lowest BCUT2D eigenvalue weighted by molar-refractivity contribution is -0.0522. The van der Waals surface area contributed by atoms with Crippen LogP contribution in [0.4, 0.5) is 8.78 Å². The van der Waals surface area contributed by atoms with Crippen molar-refractivity contribution in [2.75, 3.05) is 0 Å². The van der Waals surface area contributed by atoms with Crippen LogP contribution in [0.3, 0.4) is 0 Å². The maximum Gasteiger partial charge on any atom is 0.248 e. The summed E-state index contributed by atoms with van der Waals surface area (Å²) in [6, 6.07) is 0. The molecule has 0 aromatic heterocycles. The lowest BCUT2D eigenvalue weighted by Gasteiger charge is -2.35. The van der Waals surface area contributed by atoms with Crippen molar-refractivity contribution in [2.45, 2.75) is 51.0 Å². The minimum absolute atomic E-state index is 0.0728. The Morgan fingerprint density at radius 2 is 1.86 bits per heavy atom. The van der Waals surface area contributed by atoms with Gasteiger partial charge in [0.05, 0.1) is 5.54 Å². The average Bonchev–Trinajstić information content (AvgIpc) is 2.03. The van der Waals surface area contributed by atoms with Crippen molar-refractivity contribution in [3.05, 3.63) is 0 Å². The number of isocyanates is 1. The molecule has 0 unspecified atom stereocenters. The van der Waals surface area contributed by atoms with E-state index >= 15 is 0 Å². The maximum atomic E-state index is 12.8. The van der Waals surface area contributed by atoms with Crippen LogP contribution < -0.4 is 0 Å². The second-order valence-electron chi connectivity index (χ2n) is 4.49. The Balaban J connectivity index is 2.61. The quantitative estimate of drug-likeness (QED) is 0.501. The van der Waals surface area contributed by atoms with E-state index in [4.69, 9.17) is 0 Å². The Bertz CT molecular complexity index is 247. The van der Waals surface area contributed by atoms with E-state index in [0.717, 1.165) is 0 Å². The van der Waals surface area contributed by atoms with Gasteiger partial charge in [-0.2, -0.15) is 4.99 Å². The summed E-state index contributed by atoms with van der Waals surface area (Å²) in [5.74, 6) is -2.44. The molecule has 4 heteroatoms. The number of aliphatic imine (C=N–C) groups is 1. The predicted octanol–water partition coefficient (Wildman–Crippen LogP) is 2.93. The van der Waals surface area contributed by atoms with Gasteiger partial charge in [0.15, 0.2) is 0 Å². The van der Waals surface area contributed by atoms with E-state index in [9.17, 15) is 13.6 Å². The molecule has 0 saturated heterocycles. The highest BCUT2D eigenvalue weighted by Gasteiger charge is 2.40. The second-order valence-corrected chi connectivity index (χ2v) is 4.49. The normalized spacial score (nSPS) is 22.9. The van der Waals surface area contributed by atoms with E-state index in [-0.39, 0.29) is 18.8 Å². The molecule has 0 radical (unpaired) electrons. The van der Waals surface area contributed by atoms with Gasteiger partial charge in [0.1, 0.15) is 0 Å². The lowest BCUT2D eigenvalue weighted by atomic mass is 9.76. The fourth-order valence-corrected chi connectivity index (χ4v) is 1.96. The van der Waals surface area contributed by atoms with Gasteiger partial charge in [-0.05, 0) is 32.6 Å². The predicted molar refractivity (Wildman–Crippen MR) is 49.1 cm³/mol. The second kappa shape index (κ2) is 3.77. The van der Waals surface area contributed by atoms with Crippen molar-refractivity contribution in [1.82, 2.24) is 0 Å². The topological polar surface area (TPSA) is 29.4 Å². The molecule has 1 aliphatic carbocycles. The van der Waals surface area contributed by atoms with E-state index in [0.29, 0.717) is 12.8 Å². The van der Waals surface area contributed by atoms with E-state index in [1.807, 2.05) is 0 Å². The van der Waals surface area contributed by atoms with Crippen LogP contribution in [-0.4, -0.2) is 17.5 Å². The van der Waals surface area contributed by atoms with E-state index in [1.165, 1.54) is 6.08 Å². The first-order valence-electron chi connectivity index (χ1n) is 4.84. The minimum atomic E-state index is -2.52. The van der Waals surface area contributed by atoms with Gasteiger partial charge in [-0.3, -0.25) is 0 Å². The fraction of sp³-hybridized carbons (Fsp3) is 0.900. The van der Waals surface area contributed by atoms with Crippen LogP contribution in [-0.2, 0) is 4.79 Å². The first-order chi connectivity index (χ1) is 6.37. The smallest absolute Gasteiger partial charge is 0.211 e. The first-order valence-corrected chi connectivity index (χ1v) is 4.84. The summed E-state index contributed by atoms with van der Waals surface area (Å²) < 4.78 is 25.7. The molecule has 0 amide bonds. The molecule has 2 nitrogen and oxygen atoms in total. The van der Waals surface area contributed by atoms with Crippen LogP contribution >= 0.6 is 0 Å². The van der Waals surface area contributed by atoms with Crippen molar-refractivity contribution in [3.63, 3.8) is 0 Å². The zero-order valence-electron chi connectivity index (χ0n) is 8.52. The molecule has 0 aliphatic heterocycles. The SMILES string of the molecule is CC(C)(N=C=O)C1CCC(F)(F)CC1. The zero-order chi connectivity index (χ0) is 10.8. The fourth-order valence-electron chi connectivity index (χ4n) is 1.96. The molecule has 1 fully saturated rings. The van der Waals surface area contributed by atoms with Gasteiger partial charge in [0.2, 0.25) is 12.0 Å². The first kappa shape index (κ1) is 11.3. The summed E-state index contributed by atoms with van der Waals surface area (Å²) in [7, 11) is 0. The van der Waals surface area contributed by atoms with Gasteiger partial charge in [0, 0.05) is 12.8 Å². The van der Waals surface area contributed by atoms with Gasteiger partial charge < -0.3 is 0 Å². The molecule has 1 rings (SSSR count). The monoisotopic (exact) mass is 203 g/mol. The standard InChI is InChI=1S/C10H15F2NO/c1-9(2,13-7-14)8-3-5-10(11,12)6-4-8/h8H,3-6H2,1-2H3. The summed E-state index contributed by atoms with van der Waals surface area (Å²) in [6.45, 7) is 3.60. The highest BCUT2D eigenvalue weighted by atomic mass is 19.3. The molecule has 0 N–H and O–H groups in total. The van der Waals surface area contributed by atoms with Crippen LogP contribution in [0.5, 0.6) is 0 Å². The summed E-state index contributed by atoms with van der Waals surface area (Å²) in [5.41, 5.74) is -0.543. The van der Waals surface area contributed by atoms with Gasteiger partial charge in [-0.1, -0.05) is 0 Å². The molecule has 0 spiro atoms. The minimum Gasteiger partial charge on any atom is -0.211 e. The van der Waals surface area contributed by atoms with E-state index < -0.39 is 11.5 Å². The van der Waals surface area contributed by atoms with Crippen LogP contribution in [0, 0.1) is 5.92 Å². The van der Waals surface area contributed by atoms with E-state index in [1.54, 1.807) is 13.8 Å². The molecule has 1 saturated carbocycles. The van der Waals surface area contributed by atoms with Crippen molar-refractivity contribution >= 4 is 6.08 Å². The number of halogens is 2. The van der Waals surface area contributed by atoms with Crippen LogP contribution in [0.1, 0.15) is 39.5 Å². The number of hydrogen-bond donors (Lipinski definition) is 0. The van der Waals surface area contributed by atoms with Crippen LogP contribution in [0.15, 0.2) is 4.99 Å². The molecular formula is C10H15F2NO. The Morgan fingerprint density at radius 3 is 2.29 bits per heavy atom. The Kier molecular flexibility index (Phi) is 3.05. The average molecular weight is 203 g/mol. The third kappa shape index (κ3) is 2.61. The molecule has 0 heterocycles. The number of alkyl halides is 2. The number of nitrogens with zero attached hydrogens (tertiary/aromatic N) is 1. The molecule has 14 heavy (non-hydrogen) atoms. The summed E-state index contributed by atoms with van der Waals surface area (Å²) >= 11 is 0. The Hall–Kier alpha value is -0.760. The van der Waals surface area contributed by atoms with Crippen LogP contribution in [0.2, 0.25) is 0 Å². The van der Waals surface area contributed by atoms with Gasteiger partial charge in [-0.25, -0.2) is 13.6 Å². The van der Waals surface area contributed by atoms with Gasteiger partial charge in [0.25, 0.3) is 0 Å². The number of hydrogen-bond acceptors (Lipinski definition) is 2.